The highest BCUT2D eigenvalue weighted by Gasteiger charge is 2.32. The fourth-order valence-electron chi connectivity index (χ4n) is 7.54. The molecule has 2 nitrogen and oxygen atoms in total. The average Bonchev–Trinajstić information content (AvgIpc) is 2.90. The summed E-state index contributed by atoms with van der Waals surface area (Å²) in [6, 6.07) is 6.35. The van der Waals surface area contributed by atoms with Gasteiger partial charge in [-0.15, -0.1) is 0 Å². The van der Waals surface area contributed by atoms with E-state index in [2.05, 4.69) is 31.0 Å². The molecule has 200 valence electrons. The Hall–Kier alpha value is -1.64. The summed E-state index contributed by atoms with van der Waals surface area (Å²) in [7, 11) is 0. The van der Waals surface area contributed by atoms with Crippen molar-refractivity contribution >= 4 is 5.91 Å². The smallest absolute Gasteiger partial charge is 0.246 e. The molecule has 3 fully saturated rings. The van der Waals surface area contributed by atoms with Crippen LogP contribution in [0.4, 0.5) is 4.39 Å². The molecular weight excluding hydrogens is 445 g/mol. The number of carbonyl (C=O) groups is 1. The second-order valence-electron chi connectivity index (χ2n) is 12.5. The standard InChI is InChI=1S/C33H50FNO/c1-4-5-6-7-24-8-10-25(11-9-24)26-12-14-27(15-13-26)29-18-21-31(32(34)22-29)28-16-19-30(20-17-28)35-33(36)23(2)3/h18,21-22,24-28,30H,2,4-17,19-20H2,1,3H3,(H,35,36). The Morgan fingerprint density at radius 3 is 2.08 bits per heavy atom. The molecule has 3 aliphatic carbocycles. The van der Waals surface area contributed by atoms with E-state index in [1.165, 1.54) is 82.6 Å². The first-order valence-electron chi connectivity index (χ1n) is 15.2. The van der Waals surface area contributed by atoms with Crippen molar-refractivity contribution in [1.29, 1.82) is 0 Å². The molecule has 36 heavy (non-hydrogen) atoms. The van der Waals surface area contributed by atoms with E-state index in [0.717, 1.165) is 49.0 Å². The Kier molecular flexibility index (Phi) is 10.1. The number of amides is 1. The molecule has 0 atom stereocenters. The van der Waals surface area contributed by atoms with Gasteiger partial charge in [-0.1, -0.05) is 64.2 Å². The van der Waals surface area contributed by atoms with Gasteiger partial charge in [-0.25, -0.2) is 4.39 Å². The zero-order chi connectivity index (χ0) is 25.5. The first-order valence-corrected chi connectivity index (χ1v) is 15.2. The summed E-state index contributed by atoms with van der Waals surface area (Å²) < 4.78 is 15.2. The minimum Gasteiger partial charge on any atom is -0.350 e. The average molecular weight is 496 g/mol. The molecule has 0 radical (unpaired) electrons. The maximum Gasteiger partial charge on any atom is 0.246 e. The molecule has 0 bridgehead atoms. The molecule has 3 saturated carbocycles. The van der Waals surface area contributed by atoms with Crippen LogP contribution >= 0.6 is 0 Å². The lowest BCUT2D eigenvalue weighted by Crippen LogP contribution is -2.37. The third-order valence-corrected chi connectivity index (χ3v) is 9.93. The van der Waals surface area contributed by atoms with Crippen LogP contribution in [0, 0.1) is 23.6 Å². The number of benzene rings is 1. The molecule has 0 aromatic heterocycles. The van der Waals surface area contributed by atoms with Gasteiger partial charge < -0.3 is 5.32 Å². The quantitative estimate of drug-likeness (QED) is 0.268. The fourth-order valence-corrected chi connectivity index (χ4v) is 7.54. The molecule has 0 saturated heterocycles. The van der Waals surface area contributed by atoms with E-state index in [0.29, 0.717) is 11.5 Å². The Labute approximate surface area is 219 Å². The lowest BCUT2D eigenvalue weighted by molar-refractivity contribution is -0.118. The Morgan fingerprint density at radius 2 is 1.50 bits per heavy atom. The van der Waals surface area contributed by atoms with Gasteiger partial charge in [0, 0.05) is 11.6 Å². The Balaban J connectivity index is 1.22. The summed E-state index contributed by atoms with van der Waals surface area (Å²) in [4.78, 5) is 11.9. The maximum atomic E-state index is 15.2. The van der Waals surface area contributed by atoms with Gasteiger partial charge in [-0.05, 0) is 118 Å². The molecule has 1 aromatic rings. The van der Waals surface area contributed by atoms with Crippen LogP contribution in [0.1, 0.15) is 140 Å². The van der Waals surface area contributed by atoms with E-state index < -0.39 is 0 Å². The highest BCUT2D eigenvalue weighted by molar-refractivity contribution is 5.92. The molecule has 0 aliphatic heterocycles. The van der Waals surface area contributed by atoms with Crippen molar-refractivity contribution in [1.82, 2.24) is 5.32 Å². The summed E-state index contributed by atoms with van der Waals surface area (Å²) in [5.41, 5.74) is 2.66. The Morgan fingerprint density at radius 1 is 0.889 bits per heavy atom. The predicted molar refractivity (Wildman–Crippen MR) is 149 cm³/mol. The third kappa shape index (κ3) is 7.23. The summed E-state index contributed by atoms with van der Waals surface area (Å²) in [5, 5.41) is 3.06. The van der Waals surface area contributed by atoms with E-state index >= 15 is 4.39 Å². The van der Waals surface area contributed by atoms with Gasteiger partial charge in [0.05, 0.1) is 0 Å². The number of halogens is 1. The van der Waals surface area contributed by atoms with Crippen LogP contribution in [0.3, 0.4) is 0 Å². The number of hydrogen-bond donors (Lipinski definition) is 1. The monoisotopic (exact) mass is 495 g/mol. The largest absolute Gasteiger partial charge is 0.350 e. The number of hydrogen-bond acceptors (Lipinski definition) is 1. The van der Waals surface area contributed by atoms with E-state index in [1.807, 2.05) is 6.07 Å². The number of rotatable bonds is 9. The lowest BCUT2D eigenvalue weighted by Gasteiger charge is -2.38. The normalized spacial score (nSPS) is 31.1. The van der Waals surface area contributed by atoms with Crippen molar-refractivity contribution in [2.45, 2.75) is 134 Å². The number of nitrogens with one attached hydrogen (secondary N) is 1. The Bertz CT molecular complexity index is 854. The van der Waals surface area contributed by atoms with E-state index in [9.17, 15) is 4.79 Å². The van der Waals surface area contributed by atoms with Crippen LogP contribution in [-0.2, 0) is 4.79 Å². The zero-order valence-corrected chi connectivity index (χ0v) is 23.0. The third-order valence-electron chi connectivity index (χ3n) is 9.93. The second-order valence-corrected chi connectivity index (χ2v) is 12.5. The molecule has 3 heteroatoms. The molecule has 1 aromatic carbocycles. The topological polar surface area (TPSA) is 29.1 Å². The van der Waals surface area contributed by atoms with E-state index in [4.69, 9.17) is 0 Å². The van der Waals surface area contributed by atoms with Crippen LogP contribution in [0.15, 0.2) is 30.4 Å². The number of carbonyl (C=O) groups excluding carboxylic acids is 1. The molecule has 1 amide bonds. The molecule has 1 N–H and O–H groups in total. The lowest BCUT2D eigenvalue weighted by atomic mass is 9.68. The van der Waals surface area contributed by atoms with Crippen LogP contribution in [-0.4, -0.2) is 11.9 Å². The van der Waals surface area contributed by atoms with Crippen molar-refractivity contribution in [3.63, 3.8) is 0 Å². The first kappa shape index (κ1) is 27.4. The van der Waals surface area contributed by atoms with Gasteiger partial charge in [0.25, 0.3) is 0 Å². The van der Waals surface area contributed by atoms with Gasteiger partial charge in [0.15, 0.2) is 0 Å². The minimum atomic E-state index is -0.0567. The van der Waals surface area contributed by atoms with Crippen LogP contribution in [0.2, 0.25) is 0 Å². The summed E-state index contributed by atoms with van der Waals surface area (Å²) in [6.45, 7) is 7.76. The maximum absolute atomic E-state index is 15.2. The molecule has 0 unspecified atom stereocenters. The van der Waals surface area contributed by atoms with Crippen LogP contribution < -0.4 is 5.32 Å². The van der Waals surface area contributed by atoms with E-state index in [-0.39, 0.29) is 23.7 Å². The van der Waals surface area contributed by atoms with Crippen molar-refractivity contribution in [3.8, 4) is 0 Å². The van der Waals surface area contributed by atoms with Crippen LogP contribution in [0.25, 0.3) is 0 Å². The van der Waals surface area contributed by atoms with Crippen molar-refractivity contribution in [2.75, 3.05) is 0 Å². The van der Waals surface area contributed by atoms with Gasteiger partial charge >= 0.3 is 0 Å². The highest BCUT2D eigenvalue weighted by atomic mass is 19.1. The molecule has 0 spiro atoms. The van der Waals surface area contributed by atoms with Gasteiger partial charge in [-0.3, -0.25) is 4.79 Å². The second kappa shape index (κ2) is 13.2. The zero-order valence-electron chi connectivity index (χ0n) is 23.0. The minimum absolute atomic E-state index is 0.00885. The van der Waals surface area contributed by atoms with Gasteiger partial charge in [0.1, 0.15) is 5.82 Å². The first-order chi connectivity index (χ1) is 17.4. The van der Waals surface area contributed by atoms with Crippen molar-refractivity contribution < 1.29 is 9.18 Å². The molecule has 3 aliphatic rings. The fraction of sp³-hybridized carbons (Fsp3) is 0.727. The SMILES string of the molecule is C=C(C)C(=O)NC1CCC(c2ccc(C3CCC(C4CCC(CCCCC)CC4)CC3)cc2F)CC1. The van der Waals surface area contributed by atoms with E-state index in [1.54, 1.807) is 6.92 Å². The molecule has 0 heterocycles. The summed E-state index contributed by atoms with van der Waals surface area (Å²) in [6.07, 6.45) is 20.3. The van der Waals surface area contributed by atoms with Gasteiger partial charge in [-0.2, -0.15) is 0 Å². The van der Waals surface area contributed by atoms with Gasteiger partial charge in [0.2, 0.25) is 5.91 Å². The number of unbranched alkanes of at least 4 members (excludes halogenated alkanes) is 2. The predicted octanol–water partition coefficient (Wildman–Crippen LogP) is 9.20. The summed E-state index contributed by atoms with van der Waals surface area (Å²) >= 11 is 0. The van der Waals surface area contributed by atoms with Crippen LogP contribution in [0.5, 0.6) is 0 Å². The molecule has 4 rings (SSSR count). The summed E-state index contributed by atoms with van der Waals surface area (Å²) in [5.74, 6) is 3.58. The van der Waals surface area contributed by atoms with Crippen molar-refractivity contribution in [2.24, 2.45) is 17.8 Å². The van der Waals surface area contributed by atoms with Crippen molar-refractivity contribution in [3.05, 3.63) is 47.3 Å². The highest BCUT2D eigenvalue weighted by Crippen LogP contribution is 2.45. The molecular formula is C33H50FNO.